The Morgan fingerprint density at radius 1 is 1.27 bits per heavy atom. The number of hydrogen-bond donors (Lipinski definition) is 1. The second kappa shape index (κ2) is 3.95. The van der Waals surface area contributed by atoms with E-state index in [2.05, 4.69) is 5.32 Å². The fourth-order valence-corrected chi connectivity index (χ4v) is 1.90. The molecule has 0 radical (unpaired) electrons. The lowest BCUT2D eigenvalue weighted by atomic mass is 9.70. The lowest BCUT2D eigenvalue weighted by Crippen LogP contribution is -2.55. The Bertz CT molecular complexity index is 272. The van der Waals surface area contributed by atoms with Crippen molar-refractivity contribution in [2.24, 2.45) is 5.41 Å². The van der Waals surface area contributed by atoms with Crippen LogP contribution in [0.5, 0.6) is 0 Å². The Hall–Kier alpha value is -0.860. The van der Waals surface area contributed by atoms with Gasteiger partial charge in [0.15, 0.2) is 0 Å². The third-order valence-electron chi connectivity index (χ3n) is 3.09. The molecule has 1 saturated carbocycles. The maximum absolute atomic E-state index is 11.9. The highest BCUT2D eigenvalue weighted by Gasteiger charge is 2.41. The number of Topliss-reactive ketones (excluding diaryl/α,β-unsaturated/α-hetero) is 1. The van der Waals surface area contributed by atoms with Crippen molar-refractivity contribution in [3.05, 3.63) is 0 Å². The van der Waals surface area contributed by atoms with Crippen LogP contribution in [0.15, 0.2) is 0 Å². The number of rotatable bonds is 3. The van der Waals surface area contributed by atoms with Crippen LogP contribution in [0, 0.1) is 5.41 Å². The van der Waals surface area contributed by atoms with E-state index in [0.717, 1.165) is 19.3 Å². The van der Waals surface area contributed by atoms with Gasteiger partial charge in [0.2, 0.25) is 5.91 Å². The average Bonchev–Trinajstić information content (AvgIpc) is 1.97. The Morgan fingerprint density at radius 3 is 2.07 bits per heavy atom. The number of carbonyl (C=O) groups excluding carboxylic acids is 2. The maximum atomic E-state index is 11.9. The van der Waals surface area contributed by atoms with E-state index in [1.165, 1.54) is 6.92 Å². The second-order valence-electron chi connectivity index (χ2n) is 5.67. The molecule has 1 fully saturated rings. The summed E-state index contributed by atoms with van der Waals surface area (Å²) in [7, 11) is 0. The average molecular weight is 211 g/mol. The summed E-state index contributed by atoms with van der Waals surface area (Å²) in [5.74, 6) is 0.201. The molecule has 1 amide bonds. The summed E-state index contributed by atoms with van der Waals surface area (Å²) in [5.41, 5.74) is -0.531. The van der Waals surface area contributed by atoms with Crippen LogP contribution in [-0.4, -0.2) is 17.2 Å². The number of hydrogen-bond acceptors (Lipinski definition) is 2. The van der Waals surface area contributed by atoms with Crippen LogP contribution in [0.1, 0.15) is 53.4 Å². The quantitative estimate of drug-likeness (QED) is 0.776. The molecule has 0 aromatic carbocycles. The molecule has 0 bridgehead atoms. The zero-order valence-electron chi connectivity index (χ0n) is 10.1. The first-order valence-electron chi connectivity index (χ1n) is 5.57. The second-order valence-corrected chi connectivity index (χ2v) is 5.67. The summed E-state index contributed by atoms with van der Waals surface area (Å²) < 4.78 is 0. The Morgan fingerprint density at radius 2 is 1.80 bits per heavy atom. The number of carbonyl (C=O) groups is 2. The SMILES string of the molecule is CC(=O)NC1(CC(=O)C(C)(C)C)CCC1. The topological polar surface area (TPSA) is 46.2 Å². The molecule has 0 aromatic rings. The number of ketones is 1. The van der Waals surface area contributed by atoms with Crippen LogP contribution in [0.4, 0.5) is 0 Å². The Kier molecular flexibility index (Phi) is 3.22. The molecule has 0 spiro atoms. The molecule has 1 aliphatic carbocycles. The molecular weight excluding hydrogens is 190 g/mol. The summed E-state index contributed by atoms with van der Waals surface area (Å²) in [4.78, 5) is 23.0. The summed E-state index contributed by atoms with van der Waals surface area (Å²) in [6.07, 6.45) is 3.47. The zero-order chi connectivity index (χ0) is 11.7. The van der Waals surface area contributed by atoms with Gasteiger partial charge in [-0.2, -0.15) is 0 Å². The molecular formula is C12H21NO2. The molecule has 1 aliphatic rings. The van der Waals surface area contributed by atoms with Gasteiger partial charge in [-0.05, 0) is 19.3 Å². The summed E-state index contributed by atoms with van der Waals surface area (Å²) in [6.45, 7) is 7.29. The number of nitrogens with one attached hydrogen (secondary N) is 1. The summed E-state index contributed by atoms with van der Waals surface area (Å²) in [5, 5.41) is 2.94. The molecule has 0 heterocycles. The van der Waals surface area contributed by atoms with Gasteiger partial charge < -0.3 is 5.32 Å². The van der Waals surface area contributed by atoms with Gasteiger partial charge in [0.1, 0.15) is 5.78 Å². The van der Waals surface area contributed by atoms with Crippen molar-refractivity contribution in [1.82, 2.24) is 5.32 Å². The molecule has 86 valence electrons. The van der Waals surface area contributed by atoms with Gasteiger partial charge in [0.25, 0.3) is 0 Å². The predicted octanol–water partition coefficient (Wildman–Crippen LogP) is 2.05. The van der Waals surface area contributed by atoms with Gasteiger partial charge in [0, 0.05) is 24.3 Å². The lowest BCUT2D eigenvalue weighted by molar-refractivity contribution is -0.130. The molecule has 3 heteroatoms. The highest BCUT2D eigenvalue weighted by Crippen LogP contribution is 2.37. The van der Waals surface area contributed by atoms with Crippen LogP contribution >= 0.6 is 0 Å². The molecule has 0 saturated heterocycles. The van der Waals surface area contributed by atoms with E-state index in [-0.39, 0.29) is 22.6 Å². The van der Waals surface area contributed by atoms with Crippen LogP contribution in [0.25, 0.3) is 0 Å². The third kappa shape index (κ3) is 3.05. The zero-order valence-corrected chi connectivity index (χ0v) is 10.1. The maximum Gasteiger partial charge on any atom is 0.217 e. The van der Waals surface area contributed by atoms with E-state index in [9.17, 15) is 9.59 Å². The minimum Gasteiger partial charge on any atom is -0.350 e. The first-order chi connectivity index (χ1) is 6.75. The van der Waals surface area contributed by atoms with Crippen molar-refractivity contribution in [1.29, 1.82) is 0 Å². The third-order valence-corrected chi connectivity index (χ3v) is 3.09. The highest BCUT2D eigenvalue weighted by molar-refractivity contribution is 5.85. The molecule has 0 unspecified atom stereocenters. The molecule has 0 aromatic heterocycles. The Labute approximate surface area is 91.6 Å². The lowest BCUT2D eigenvalue weighted by Gasteiger charge is -2.43. The van der Waals surface area contributed by atoms with Gasteiger partial charge in [0.05, 0.1) is 0 Å². The van der Waals surface area contributed by atoms with E-state index < -0.39 is 0 Å². The molecule has 0 aliphatic heterocycles. The molecule has 0 atom stereocenters. The van der Waals surface area contributed by atoms with Crippen LogP contribution in [-0.2, 0) is 9.59 Å². The van der Waals surface area contributed by atoms with Gasteiger partial charge in [-0.3, -0.25) is 9.59 Å². The van der Waals surface area contributed by atoms with Crippen molar-refractivity contribution >= 4 is 11.7 Å². The van der Waals surface area contributed by atoms with Crippen molar-refractivity contribution in [3.8, 4) is 0 Å². The normalized spacial score (nSPS) is 19.2. The molecule has 1 rings (SSSR count). The van der Waals surface area contributed by atoms with Gasteiger partial charge in [-0.15, -0.1) is 0 Å². The van der Waals surface area contributed by atoms with Crippen molar-refractivity contribution in [3.63, 3.8) is 0 Å². The molecule has 1 N–H and O–H groups in total. The van der Waals surface area contributed by atoms with Gasteiger partial charge in [-0.25, -0.2) is 0 Å². The smallest absolute Gasteiger partial charge is 0.217 e. The van der Waals surface area contributed by atoms with Crippen LogP contribution in [0.2, 0.25) is 0 Å². The van der Waals surface area contributed by atoms with Crippen molar-refractivity contribution in [2.75, 3.05) is 0 Å². The van der Waals surface area contributed by atoms with Crippen molar-refractivity contribution < 1.29 is 9.59 Å². The van der Waals surface area contributed by atoms with E-state index in [1.54, 1.807) is 0 Å². The van der Waals surface area contributed by atoms with Gasteiger partial charge >= 0.3 is 0 Å². The largest absolute Gasteiger partial charge is 0.350 e. The Balaban J connectivity index is 2.61. The fraction of sp³-hybridized carbons (Fsp3) is 0.833. The minimum absolute atomic E-state index is 0.0311. The standard InChI is InChI=1S/C12H21NO2/c1-9(14)13-12(6-5-7-12)8-10(15)11(2,3)4/h5-8H2,1-4H3,(H,13,14). The molecule has 15 heavy (non-hydrogen) atoms. The first kappa shape index (κ1) is 12.2. The molecule has 3 nitrogen and oxygen atoms in total. The van der Waals surface area contributed by atoms with E-state index in [0.29, 0.717) is 6.42 Å². The van der Waals surface area contributed by atoms with Crippen LogP contribution < -0.4 is 5.32 Å². The van der Waals surface area contributed by atoms with Gasteiger partial charge in [-0.1, -0.05) is 20.8 Å². The van der Waals surface area contributed by atoms with E-state index in [4.69, 9.17) is 0 Å². The minimum atomic E-state index is -0.305. The summed E-state index contributed by atoms with van der Waals surface area (Å²) >= 11 is 0. The highest BCUT2D eigenvalue weighted by atomic mass is 16.1. The van der Waals surface area contributed by atoms with E-state index >= 15 is 0 Å². The van der Waals surface area contributed by atoms with Crippen LogP contribution in [0.3, 0.4) is 0 Å². The number of amides is 1. The fourth-order valence-electron chi connectivity index (χ4n) is 1.90. The monoisotopic (exact) mass is 211 g/mol. The van der Waals surface area contributed by atoms with E-state index in [1.807, 2.05) is 20.8 Å². The first-order valence-corrected chi connectivity index (χ1v) is 5.57. The van der Waals surface area contributed by atoms with Crippen molar-refractivity contribution in [2.45, 2.75) is 58.9 Å². The predicted molar refractivity (Wildman–Crippen MR) is 59.5 cm³/mol. The summed E-state index contributed by atoms with van der Waals surface area (Å²) in [6, 6.07) is 0.